The molecule has 32 heavy (non-hydrogen) atoms. The average molecular weight is 467 g/mol. The fourth-order valence-electron chi connectivity index (χ4n) is 2.01. The average Bonchev–Trinajstić information content (AvgIpc) is 2.64. The van der Waals surface area contributed by atoms with Crippen molar-refractivity contribution >= 4 is 18.0 Å². The molecule has 0 heterocycles. The van der Waals surface area contributed by atoms with Gasteiger partial charge in [-0.15, -0.1) is 20.2 Å². The molecule has 0 spiro atoms. The molecule has 0 aliphatic rings. The first-order valence-electron chi connectivity index (χ1n) is 9.77. The number of alkyl carbamates (subject to hydrolysis) is 1. The topological polar surface area (TPSA) is 196 Å². The van der Waals surface area contributed by atoms with E-state index in [2.05, 4.69) is 15.0 Å². The maximum atomic E-state index is 12.3. The summed E-state index contributed by atoms with van der Waals surface area (Å²) in [5, 5.41) is 20.5. The SMILES string of the molecule is CC(C)(C)OC(=O)N[C@@H](CC(=O)OCCCCO[N+](=O)[O-])C(=O)OCCCCO[N+](=O)[O-]. The van der Waals surface area contributed by atoms with Crippen molar-refractivity contribution in [3.63, 3.8) is 0 Å². The number of rotatable bonds is 16. The molecule has 0 bridgehead atoms. The Balaban J connectivity index is 4.56. The van der Waals surface area contributed by atoms with Gasteiger partial charge in [-0.3, -0.25) is 4.79 Å². The molecule has 0 saturated carbocycles. The Morgan fingerprint density at radius 2 is 1.31 bits per heavy atom. The smallest absolute Gasteiger partial charge is 0.408 e. The molecule has 15 nitrogen and oxygen atoms in total. The van der Waals surface area contributed by atoms with Crippen molar-refractivity contribution < 1.29 is 48.4 Å². The molecule has 1 amide bonds. The summed E-state index contributed by atoms with van der Waals surface area (Å²) in [5.41, 5.74) is -0.845. The van der Waals surface area contributed by atoms with Crippen molar-refractivity contribution in [2.24, 2.45) is 0 Å². The Kier molecular flexibility index (Phi) is 13.8. The first-order chi connectivity index (χ1) is 14.9. The minimum Gasteiger partial charge on any atom is -0.466 e. The standard InChI is InChI=1S/C17H29N3O12/c1-17(2,3)32-16(23)18-13(15(22)29-9-5-7-11-31-20(26)27)12-14(21)28-8-4-6-10-30-19(24)25/h13H,4-12H2,1-3H3,(H,18,23)/t13-/m0/s1. The molecule has 184 valence electrons. The van der Waals surface area contributed by atoms with E-state index in [1.807, 2.05) is 0 Å². The molecule has 0 rings (SSSR count). The molecule has 0 aromatic carbocycles. The third-order valence-electron chi connectivity index (χ3n) is 3.32. The fourth-order valence-corrected chi connectivity index (χ4v) is 2.01. The van der Waals surface area contributed by atoms with E-state index in [1.165, 1.54) is 0 Å². The highest BCUT2D eigenvalue weighted by atomic mass is 17.0. The Bertz CT molecular complexity index is 635. The third-order valence-corrected chi connectivity index (χ3v) is 3.32. The highest BCUT2D eigenvalue weighted by molar-refractivity contribution is 5.86. The van der Waals surface area contributed by atoms with E-state index in [4.69, 9.17) is 14.2 Å². The summed E-state index contributed by atoms with van der Waals surface area (Å²) in [4.78, 5) is 64.6. The van der Waals surface area contributed by atoms with E-state index in [-0.39, 0.29) is 45.7 Å². The summed E-state index contributed by atoms with van der Waals surface area (Å²) < 4.78 is 15.0. The zero-order valence-electron chi connectivity index (χ0n) is 18.2. The first kappa shape index (κ1) is 28.6. The van der Waals surface area contributed by atoms with E-state index in [0.717, 1.165) is 0 Å². The highest BCUT2D eigenvalue weighted by Crippen LogP contribution is 2.08. The summed E-state index contributed by atoms with van der Waals surface area (Å²) in [6.45, 7) is 4.36. The van der Waals surface area contributed by atoms with Crippen LogP contribution in [0.4, 0.5) is 4.79 Å². The Morgan fingerprint density at radius 1 is 0.844 bits per heavy atom. The van der Waals surface area contributed by atoms with Gasteiger partial charge in [0.15, 0.2) is 0 Å². The Hall–Kier alpha value is -3.39. The number of ether oxygens (including phenoxy) is 3. The van der Waals surface area contributed by atoms with Gasteiger partial charge >= 0.3 is 18.0 Å². The number of unbranched alkanes of at least 4 members (excludes halogenated alkanes) is 2. The monoisotopic (exact) mass is 467 g/mol. The van der Waals surface area contributed by atoms with Crippen LogP contribution in [0, 0.1) is 20.2 Å². The molecule has 0 aliphatic carbocycles. The van der Waals surface area contributed by atoms with Crippen LogP contribution in [-0.4, -0.2) is 66.3 Å². The molecule has 0 aromatic rings. The zero-order valence-corrected chi connectivity index (χ0v) is 18.2. The molecule has 0 radical (unpaired) electrons. The molecule has 1 atom stereocenters. The van der Waals surface area contributed by atoms with Gasteiger partial charge in [-0.05, 0) is 46.5 Å². The molecule has 0 aliphatic heterocycles. The van der Waals surface area contributed by atoms with Gasteiger partial charge in [0.1, 0.15) is 11.6 Å². The van der Waals surface area contributed by atoms with Crippen LogP contribution in [0.5, 0.6) is 0 Å². The minimum absolute atomic E-state index is 0.0649. The zero-order chi connectivity index (χ0) is 24.6. The number of hydrogen-bond acceptors (Lipinski definition) is 12. The number of carbonyl (C=O) groups excluding carboxylic acids is 3. The second kappa shape index (κ2) is 15.4. The number of nitrogens with zero attached hydrogens (tertiary/aromatic N) is 2. The third kappa shape index (κ3) is 17.5. The molecule has 0 saturated heterocycles. The van der Waals surface area contributed by atoms with Crippen molar-refractivity contribution in [3.8, 4) is 0 Å². The van der Waals surface area contributed by atoms with Gasteiger partial charge < -0.3 is 29.2 Å². The van der Waals surface area contributed by atoms with Crippen molar-refractivity contribution in [1.29, 1.82) is 0 Å². The van der Waals surface area contributed by atoms with E-state index < -0.39 is 46.3 Å². The molecular formula is C17H29N3O12. The molecular weight excluding hydrogens is 438 g/mol. The molecule has 1 N–H and O–H groups in total. The maximum absolute atomic E-state index is 12.3. The van der Waals surface area contributed by atoms with Gasteiger partial charge in [-0.25, -0.2) is 9.59 Å². The van der Waals surface area contributed by atoms with Crippen LogP contribution in [0.1, 0.15) is 52.9 Å². The predicted octanol–water partition coefficient (Wildman–Crippen LogP) is 1.33. The second-order valence-electron chi connectivity index (χ2n) is 7.32. The number of hydrogen-bond donors (Lipinski definition) is 1. The van der Waals surface area contributed by atoms with Crippen LogP contribution in [0.2, 0.25) is 0 Å². The van der Waals surface area contributed by atoms with Gasteiger partial charge in [0, 0.05) is 0 Å². The van der Waals surface area contributed by atoms with Crippen molar-refractivity contribution in [2.75, 3.05) is 26.4 Å². The van der Waals surface area contributed by atoms with Crippen LogP contribution < -0.4 is 5.32 Å². The van der Waals surface area contributed by atoms with Gasteiger partial charge in [0.05, 0.1) is 32.8 Å². The van der Waals surface area contributed by atoms with E-state index in [0.29, 0.717) is 6.42 Å². The lowest BCUT2D eigenvalue weighted by Crippen LogP contribution is -2.45. The van der Waals surface area contributed by atoms with Gasteiger partial charge in [-0.2, -0.15) is 0 Å². The quantitative estimate of drug-likeness (QED) is 0.113. The van der Waals surface area contributed by atoms with Gasteiger partial charge in [0.2, 0.25) is 0 Å². The second-order valence-corrected chi connectivity index (χ2v) is 7.32. The summed E-state index contributed by atoms with van der Waals surface area (Å²) >= 11 is 0. The van der Waals surface area contributed by atoms with Crippen molar-refractivity contribution in [3.05, 3.63) is 20.2 Å². The molecule has 0 fully saturated rings. The van der Waals surface area contributed by atoms with E-state index in [1.54, 1.807) is 20.8 Å². The van der Waals surface area contributed by atoms with Crippen LogP contribution in [0.25, 0.3) is 0 Å². The van der Waals surface area contributed by atoms with Crippen LogP contribution in [0.15, 0.2) is 0 Å². The van der Waals surface area contributed by atoms with Gasteiger partial charge in [0.25, 0.3) is 10.2 Å². The number of carbonyl (C=O) groups is 3. The summed E-state index contributed by atoms with van der Waals surface area (Å²) in [6.07, 6.45) is -0.399. The predicted molar refractivity (Wildman–Crippen MR) is 104 cm³/mol. The van der Waals surface area contributed by atoms with Gasteiger partial charge in [-0.1, -0.05) is 0 Å². The number of amides is 1. The van der Waals surface area contributed by atoms with Crippen LogP contribution >= 0.6 is 0 Å². The Morgan fingerprint density at radius 3 is 1.78 bits per heavy atom. The minimum atomic E-state index is -1.38. The number of nitrogens with one attached hydrogen (secondary N) is 1. The van der Waals surface area contributed by atoms with Crippen molar-refractivity contribution in [2.45, 2.75) is 64.5 Å². The first-order valence-corrected chi connectivity index (χ1v) is 9.77. The largest absolute Gasteiger partial charge is 0.466 e. The summed E-state index contributed by atoms with van der Waals surface area (Å²) in [6, 6.07) is -1.38. The Labute approximate surface area is 183 Å². The lowest BCUT2D eigenvalue weighted by atomic mass is 10.2. The molecule has 0 aromatic heterocycles. The van der Waals surface area contributed by atoms with Crippen molar-refractivity contribution in [1.82, 2.24) is 5.32 Å². The lowest BCUT2D eigenvalue weighted by molar-refractivity contribution is -0.757. The van der Waals surface area contributed by atoms with E-state index >= 15 is 0 Å². The summed E-state index contributed by atoms with van der Waals surface area (Å²) in [7, 11) is 0. The van der Waals surface area contributed by atoms with Crippen LogP contribution in [-0.2, 0) is 33.5 Å². The molecule has 0 unspecified atom stereocenters. The lowest BCUT2D eigenvalue weighted by Gasteiger charge is -2.22. The van der Waals surface area contributed by atoms with E-state index in [9.17, 15) is 34.6 Å². The highest BCUT2D eigenvalue weighted by Gasteiger charge is 2.28. The maximum Gasteiger partial charge on any atom is 0.408 e. The normalized spacial score (nSPS) is 11.6. The fraction of sp³-hybridized carbons (Fsp3) is 0.824. The van der Waals surface area contributed by atoms with Crippen LogP contribution in [0.3, 0.4) is 0 Å². The molecule has 15 heteroatoms. The summed E-state index contributed by atoms with van der Waals surface area (Å²) in [5.74, 6) is -1.72. The number of esters is 2.